The van der Waals surface area contributed by atoms with E-state index in [1.54, 1.807) is 0 Å². The van der Waals surface area contributed by atoms with Crippen LogP contribution in [-0.2, 0) is 16.2 Å². The second kappa shape index (κ2) is 12.5. The van der Waals surface area contributed by atoms with Crippen LogP contribution in [0.3, 0.4) is 0 Å². The van der Waals surface area contributed by atoms with E-state index in [0.29, 0.717) is 11.8 Å². The molecule has 2 heteroatoms. The van der Waals surface area contributed by atoms with Crippen molar-refractivity contribution in [2.24, 2.45) is 23.7 Å². The molecule has 2 nitrogen and oxygen atoms in total. The normalized spacial score (nSPS) is 25.9. The molecule has 6 aromatic rings. The van der Waals surface area contributed by atoms with Gasteiger partial charge in [0, 0.05) is 39.7 Å². The molecule has 0 unspecified atom stereocenters. The molecule has 6 aliphatic rings. The maximum atomic E-state index is 7.16. The van der Waals surface area contributed by atoms with Crippen molar-refractivity contribution in [3.63, 3.8) is 0 Å². The number of fused-ring (bicyclic) bond motifs is 3. The number of benzene rings is 6. The summed E-state index contributed by atoms with van der Waals surface area (Å²) in [5, 5.41) is 0. The lowest BCUT2D eigenvalue weighted by atomic mass is 9.41. The minimum Gasteiger partial charge on any atom is -0.457 e. The smallest absolute Gasteiger partial charge is 0.133 e. The third kappa shape index (κ3) is 5.20. The summed E-state index contributed by atoms with van der Waals surface area (Å²) in [7, 11) is 0. The van der Waals surface area contributed by atoms with Crippen LogP contribution < -0.4 is 9.64 Å². The molecule has 1 aliphatic heterocycles. The van der Waals surface area contributed by atoms with Gasteiger partial charge in [-0.2, -0.15) is 0 Å². The molecule has 4 bridgehead atoms. The van der Waals surface area contributed by atoms with E-state index >= 15 is 0 Å². The first-order valence-electron chi connectivity index (χ1n) is 21.3. The van der Waals surface area contributed by atoms with Crippen LogP contribution in [-0.4, -0.2) is 0 Å². The van der Waals surface area contributed by atoms with Crippen LogP contribution >= 0.6 is 0 Å². The topological polar surface area (TPSA) is 12.5 Å². The lowest BCUT2D eigenvalue weighted by Crippen LogP contribution is -2.57. The Balaban J connectivity index is 1.08. The maximum Gasteiger partial charge on any atom is 0.133 e. The minimum atomic E-state index is -0.0246. The Hall–Kier alpha value is -5.08. The molecule has 0 radical (unpaired) electrons. The Morgan fingerprint density at radius 1 is 0.429 bits per heavy atom. The van der Waals surface area contributed by atoms with Gasteiger partial charge in [0.1, 0.15) is 11.5 Å². The molecule has 0 atom stereocenters. The van der Waals surface area contributed by atoms with Gasteiger partial charge in [0.2, 0.25) is 0 Å². The van der Waals surface area contributed by atoms with Crippen LogP contribution in [0.5, 0.6) is 11.5 Å². The van der Waals surface area contributed by atoms with Gasteiger partial charge >= 0.3 is 0 Å². The van der Waals surface area contributed by atoms with Crippen molar-refractivity contribution in [2.75, 3.05) is 4.90 Å². The molecule has 4 fully saturated rings. The van der Waals surface area contributed by atoms with E-state index in [-0.39, 0.29) is 16.2 Å². The van der Waals surface area contributed by atoms with Gasteiger partial charge < -0.3 is 9.64 Å². The summed E-state index contributed by atoms with van der Waals surface area (Å²) in [5.41, 5.74) is 14.6. The van der Waals surface area contributed by atoms with Gasteiger partial charge in [-0.05, 0) is 155 Å². The van der Waals surface area contributed by atoms with Gasteiger partial charge in [-0.25, -0.2) is 0 Å². The Morgan fingerprint density at radius 3 is 1.59 bits per heavy atom. The van der Waals surface area contributed by atoms with Crippen molar-refractivity contribution < 1.29 is 4.74 Å². The summed E-state index contributed by atoms with van der Waals surface area (Å²) in [4.78, 5) is 2.48. The Labute approximate surface area is 333 Å². The zero-order valence-electron chi connectivity index (χ0n) is 33.4. The fourth-order valence-corrected chi connectivity index (χ4v) is 12.5. The average molecular weight is 732 g/mol. The predicted octanol–water partition coefficient (Wildman–Crippen LogP) is 14.7. The molecule has 12 rings (SSSR count). The second-order valence-electron chi connectivity index (χ2n) is 19.3. The quantitative estimate of drug-likeness (QED) is 0.175. The molecule has 1 spiro atoms. The molecule has 4 saturated carbocycles. The number of anilines is 3. The molecule has 6 aromatic carbocycles. The highest BCUT2D eigenvalue weighted by molar-refractivity contribution is 5.81. The van der Waals surface area contributed by atoms with Crippen molar-refractivity contribution in [1.82, 2.24) is 0 Å². The number of hydrogen-bond acceptors (Lipinski definition) is 2. The largest absolute Gasteiger partial charge is 0.457 e. The monoisotopic (exact) mass is 731 g/mol. The molecule has 1 heterocycles. The van der Waals surface area contributed by atoms with Gasteiger partial charge in [-0.3, -0.25) is 0 Å². The molecule has 0 saturated heterocycles. The van der Waals surface area contributed by atoms with Crippen LogP contribution in [0.25, 0.3) is 22.3 Å². The summed E-state index contributed by atoms with van der Waals surface area (Å²) in [5.74, 6) is 5.14. The van der Waals surface area contributed by atoms with Gasteiger partial charge in [0.25, 0.3) is 0 Å². The summed E-state index contributed by atoms with van der Waals surface area (Å²) >= 11 is 0. The lowest BCUT2D eigenvalue weighted by Gasteiger charge is -2.63. The third-order valence-corrected chi connectivity index (χ3v) is 15.2. The van der Waals surface area contributed by atoms with Crippen molar-refractivity contribution in [3.8, 4) is 33.8 Å². The second-order valence-corrected chi connectivity index (χ2v) is 19.3. The van der Waals surface area contributed by atoms with Crippen LogP contribution in [0.4, 0.5) is 17.1 Å². The molecule has 5 aliphatic carbocycles. The fourth-order valence-electron chi connectivity index (χ4n) is 12.5. The summed E-state index contributed by atoms with van der Waals surface area (Å²) in [6.45, 7) is 9.70. The predicted molar refractivity (Wildman–Crippen MR) is 232 cm³/mol. The molecule has 280 valence electrons. The van der Waals surface area contributed by atoms with Crippen LogP contribution in [0, 0.1) is 23.7 Å². The van der Waals surface area contributed by atoms with E-state index in [1.165, 1.54) is 95.1 Å². The van der Waals surface area contributed by atoms with Crippen LogP contribution in [0.15, 0.2) is 140 Å². The molecule has 0 amide bonds. The highest BCUT2D eigenvalue weighted by Crippen LogP contribution is 2.69. The molecular formula is C54H53NO. The third-order valence-electron chi connectivity index (χ3n) is 15.2. The number of nitrogens with zero attached hydrogens (tertiary/aromatic N) is 1. The van der Waals surface area contributed by atoms with E-state index in [0.717, 1.165) is 34.7 Å². The maximum absolute atomic E-state index is 7.16. The van der Waals surface area contributed by atoms with Gasteiger partial charge in [0.15, 0.2) is 0 Å². The van der Waals surface area contributed by atoms with Gasteiger partial charge in [-0.15, -0.1) is 0 Å². The Morgan fingerprint density at radius 2 is 0.946 bits per heavy atom. The van der Waals surface area contributed by atoms with E-state index in [4.69, 9.17) is 4.74 Å². The highest BCUT2D eigenvalue weighted by Gasteiger charge is 2.61. The van der Waals surface area contributed by atoms with Gasteiger partial charge in [0.05, 0.1) is 0 Å². The first-order valence-corrected chi connectivity index (χ1v) is 21.3. The zero-order chi connectivity index (χ0) is 37.8. The first kappa shape index (κ1) is 34.2. The fraction of sp³-hybridized carbons (Fsp3) is 0.333. The Kier molecular flexibility index (Phi) is 7.61. The van der Waals surface area contributed by atoms with Gasteiger partial charge in [-0.1, -0.05) is 119 Å². The number of rotatable bonds is 5. The standard InChI is InChI=1S/C54H53NO/c1-52(2)25-26-53(3,4)48-33-44(20-22-46(48)52)55(43-18-15-39(16-19-43)37-11-7-5-8-12-37)45-21-23-47-51(34-45)56-50-24-17-40(38-13-9-6-10-14-38)32-49(50)54(47)41-28-35-27-36(30-41)31-42(54)29-35/h5-24,32-36,41-42H,25-31H2,1-4H3. The highest BCUT2D eigenvalue weighted by atomic mass is 16.5. The molecule has 0 aromatic heterocycles. The van der Waals surface area contributed by atoms with Crippen molar-refractivity contribution in [3.05, 3.63) is 162 Å². The summed E-state index contributed by atoms with van der Waals surface area (Å²) in [6.07, 6.45) is 9.18. The van der Waals surface area contributed by atoms with E-state index in [2.05, 4.69) is 172 Å². The molecule has 56 heavy (non-hydrogen) atoms. The number of ether oxygens (including phenoxy) is 1. The molecular weight excluding hydrogens is 679 g/mol. The number of hydrogen-bond donors (Lipinski definition) is 0. The van der Waals surface area contributed by atoms with E-state index in [1.807, 2.05) is 0 Å². The van der Waals surface area contributed by atoms with Crippen LogP contribution in [0.2, 0.25) is 0 Å². The lowest BCUT2D eigenvalue weighted by molar-refractivity contribution is -0.0452. The summed E-state index contributed by atoms with van der Waals surface area (Å²) < 4.78 is 7.16. The first-order chi connectivity index (χ1) is 27.2. The SMILES string of the molecule is CC1(C)CCC(C)(C)c2cc(N(c3ccc(-c4ccccc4)cc3)c3ccc4c(c3)Oc3ccc(-c5ccccc5)cc3C43C4CC5CC(C4)CC3C5)ccc21. The zero-order valence-corrected chi connectivity index (χ0v) is 33.4. The van der Waals surface area contributed by atoms with Crippen molar-refractivity contribution in [1.29, 1.82) is 0 Å². The van der Waals surface area contributed by atoms with E-state index < -0.39 is 0 Å². The molecule has 0 N–H and O–H groups in total. The van der Waals surface area contributed by atoms with Crippen molar-refractivity contribution >= 4 is 17.1 Å². The van der Waals surface area contributed by atoms with E-state index in [9.17, 15) is 0 Å². The minimum absolute atomic E-state index is 0.0246. The van der Waals surface area contributed by atoms with Crippen molar-refractivity contribution in [2.45, 2.75) is 88.9 Å². The van der Waals surface area contributed by atoms with Crippen LogP contribution in [0.1, 0.15) is 94.9 Å². The average Bonchev–Trinajstić information content (AvgIpc) is 3.22. The summed E-state index contributed by atoms with van der Waals surface area (Å²) in [6, 6.07) is 52.5. The Bertz CT molecular complexity index is 2430.